The minimum absolute atomic E-state index is 0.0726. The summed E-state index contributed by atoms with van der Waals surface area (Å²) in [7, 11) is 0. The molecular formula is C17H28Cl2N2O2. The summed E-state index contributed by atoms with van der Waals surface area (Å²) in [5.74, 6) is 1.87. The highest BCUT2D eigenvalue weighted by Gasteiger charge is 2.24. The summed E-state index contributed by atoms with van der Waals surface area (Å²) in [6, 6.07) is 0. The molecule has 2 saturated heterocycles. The molecule has 0 aromatic carbocycles. The van der Waals surface area contributed by atoms with Crippen LogP contribution in [0, 0.1) is 11.8 Å². The summed E-state index contributed by atoms with van der Waals surface area (Å²) in [5, 5.41) is 0. The second-order valence-corrected chi connectivity index (χ2v) is 7.38. The molecule has 0 spiro atoms. The van der Waals surface area contributed by atoms with Gasteiger partial charge in [-0.1, -0.05) is 19.3 Å². The van der Waals surface area contributed by atoms with Crippen LogP contribution in [0.5, 0.6) is 0 Å². The van der Waals surface area contributed by atoms with Crippen LogP contribution in [-0.4, -0.2) is 59.6 Å². The molecule has 2 aliphatic heterocycles. The highest BCUT2D eigenvalue weighted by Crippen LogP contribution is 2.27. The Morgan fingerprint density at radius 2 is 1.09 bits per heavy atom. The number of halogens is 2. The Labute approximate surface area is 149 Å². The minimum Gasteiger partial charge on any atom is -0.342 e. The normalized spacial score (nSPS) is 20.8. The lowest BCUT2D eigenvalue weighted by atomic mass is 9.87. The van der Waals surface area contributed by atoms with E-state index in [4.69, 9.17) is 23.2 Å². The molecule has 6 heteroatoms. The van der Waals surface area contributed by atoms with E-state index in [0.717, 1.165) is 63.7 Å². The van der Waals surface area contributed by atoms with Gasteiger partial charge in [-0.05, 0) is 37.5 Å². The molecule has 0 aromatic rings. The summed E-state index contributed by atoms with van der Waals surface area (Å²) < 4.78 is 0. The summed E-state index contributed by atoms with van der Waals surface area (Å²) in [6.45, 7) is 3.48. The Morgan fingerprint density at radius 3 is 1.39 bits per heavy atom. The Kier molecular flexibility index (Phi) is 7.97. The maximum atomic E-state index is 11.5. The fraction of sp³-hybridized carbons (Fsp3) is 0.882. The molecule has 0 bridgehead atoms. The summed E-state index contributed by atoms with van der Waals surface area (Å²) in [4.78, 5) is 26.9. The SMILES string of the molecule is O=C(CCl)N1CCC(CCCC2CCN(C(=O)CCl)CC2)CC1. The number of hydrogen-bond acceptors (Lipinski definition) is 2. The highest BCUT2D eigenvalue weighted by atomic mass is 35.5. The van der Waals surface area contributed by atoms with Crippen LogP contribution in [0.1, 0.15) is 44.9 Å². The van der Waals surface area contributed by atoms with Crippen molar-refractivity contribution in [1.29, 1.82) is 0 Å². The van der Waals surface area contributed by atoms with Crippen LogP contribution < -0.4 is 0 Å². The molecule has 2 amide bonds. The van der Waals surface area contributed by atoms with Gasteiger partial charge in [0.05, 0.1) is 0 Å². The molecule has 4 nitrogen and oxygen atoms in total. The zero-order valence-electron chi connectivity index (χ0n) is 13.8. The van der Waals surface area contributed by atoms with Crippen molar-refractivity contribution in [1.82, 2.24) is 9.80 Å². The fourth-order valence-electron chi connectivity index (χ4n) is 3.81. The van der Waals surface area contributed by atoms with Gasteiger partial charge in [-0.3, -0.25) is 9.59 Å². The fourth-order valence-corrected chi connectivity index (χ4v) is 4.14. The number of nitrogens with zero attached hydrogens (tertiary/aromatic N) is 2. The van der Waals surface area contributed by atoms with Crippen LogP contribution in [0.4, 0.5) is 0 Å². The summed E-state index contributed by atoms with van der Waals surface area (Å²) in [5.41, 5.74) is 0. The van der Waals surface area contributed by atoms with Crippen molar-refractivity contribution in [2.75, 3.05) is 37.9 Å². The van der Waals surface area contributed by atoms with Crippen molar-refractivity contribution in [3.05, 3.63) is 0 Å². The quantitative estimate of drug-likeness (QED) is 0.681. The van der Waals surface area contributed by atoms with Gasteiger partial charge >= 0.3 is 0 Å². The number of rotatable bonds is 6. The van der Waals surface area contributed by atoms with Gasteiger partial charge in [0.25, 0.3) is 0 Å². The Morgan fingerprint density at radius 1 is 0.739 bits per heavy atom. The first-order chi connectivity index (χ1) is 11.1. The monoisotopic (exact) mass is 362 g/mol. The molecule has 0 radical (unpaired) electrons. The second-order valence-electron chi connectivity index (χ2n) is 6.85. The molecule has 0 N–H and O–H groups in total. The maximum absolute atomic E-state index is 11.5. The summed E-state index contributed by atoms with van der Waals surface area (Å²) in [6.07, 6.45) is 8.27. The van der Waals surface area contributed by atoms with Crippen molar-refractivity contribution in [3.8, 4) is 0 Å². The molecule has 0 atom stereocenters. The van der Waals surface area contributed by atoms with Gasteiger partial charge in [-0.2, -0.15) is 0 Å². The second kappa shape index (κ2) is 9.73. The van der Waals surface area contributed by atoms with Crippen LogP contribution >= 0.6 is 23.2 Å². The Balaban J connectivity index is 1.57. The Bertz CT molecular complexity index is 354. The van der Waals surface area contributed by atoms with E-state index in [-0.39, 0.29) is 23.6 Å². The van der Waals surface area contributed by atoms with Crippen molar-refractivity contribution in [2.45, 2.75) is 44.9 Å². The lowest BCUT2D eigenvalue weighted by molar-refractivity contribution is -0.130. The van der Waals surface area contributed by atoms with Gasteiger partial charge in [0, 0.05) is 26.2 Å². The van der Waals surface area contributed by atoms with E-state index in [9.17, 15) is 9.59 Å². The van der Waals surface area contributed by atoms with Gasteiger partial charge in [-0.25, -0.2) is 0 Å². The average Bonchev–Trinajstić information content (AvgIpc) is 2.61. The number of amides is 2. The molecule has 132 valence electrons. The smallest absolute Gasteiger partial charge is 0.237 e. The maximum Gasteiger partial charge on any atom is 0.237 e. The molecule has 0 aromatic heterocycles. The molecule has 2 aliphatic rings. The van der Waals surface area contributed by atoms with Crippen molar-refractivity contribution in [3.63, 3.8) is 0 Å². The van der Waals surface area contributed by atoms with Crippen LogP contribution in [0.2, 0.25) is 0 Å². The molecule has 0 unspecified atom stereocenters. The number of likely N-dealkylation sites (tertiary alicyclic amines) is 2. The molecule has 0 saturated carbocycles. The molecular weight excluding hydrogens is 335 g/mol. The molecule has 2 heterocycles. The molecule has 2 rings (SSSR count). The van der Waals surface area contributed by atoms with Crippen molar-refractivity contribution < 1.29 is 9.59 Å². The lowest BCUT2D eigenvalue weighted by Crippen LogP contribution is -2.39. The van der Waals surface area contributed by atoms with Crippen molar-refractivity contribution in [2.24, 2.45) is 11.8 Å². The van der Waals surface area contributed by atoms with Gasteiger partial charge in [0.2, 0.25) is 11.8 Å². The first kappa shape index (κ1) is 18.9. The van der Waals surface area contributed by atoms with E-state index in [1.165, 1.54) is 19.3 Å². The predicted octanol–water partition coefficient (Wildman–Crippen LogP) is 3.11. The predicted molar refractivity (Wildman–Crippen MR) is 93.9 cm³/mol. The van der Waals surface area contributed by atoms with Gasteiger partial charge in [0.15, 0.2) is 0 Å². The third-order valence-corrected chi connectivity index (χ3v) is 5.85. The molecule has 2 fully saturated rings. The summed E-state index contributed by atoms with van der Waals surface area (Å²) >= 11 is 11.2. The third-order valence-electron chi connectivity index (χ3n) is 5.39. The minimum atomic E-state index is 0.0726. The van der Waals surface area contributed by atoms with Crippen LogP contribution in [0.15, 0.2) is 0 Å². The largest absolute Gasteiger partial charge is 0.342 e. The van der Waals surface area contributed by atoms with Gasteiger partial charge in [0.1, 0.15) is 11.8 Å². The van der Waals surface area contributed by atoms with Crippen LogP contribution in [0.3, 0.4) is 0 Å². The zero-order valence-corrected chi connectivity index (χ0v) is 15.3. The Hall–Kier alpha value is -0.480. The van der Waals surface area contributed by atoms with Gasteiger partial charge < -0.3 is 9.80 Å². The topological polar surface area (TPSA) is 40.6 Å². The highest BCUT2D eigenvalue weighted by molar-refractivity contribution is 6.27. The first-order valence-electron chi connectivity index (χ1n) is 8.81. The lowest BCUT2D eigenvalue weighted by Gasteiger charge is -2.33. The number of carbonyl (C=O) groups is 2. The number of alkyl halides is 2. The van der Waals surface area contributed by atoms with Crippen molar-refractivity contribution >= 4 is 35.0 Å². The molecule has 23 heavy (non-hydrogen) atoms. The van der Waals surface area contributed by atoms with Gasteiger partial charge in [-0.15, -0.1) is 23.2 Å². The number of hydrogen-bond donors (Lipinski definition) is 0. The number of piperidine rings is 2. The van der Waals surface area contributed by atoms with E-state index in [2.05, 4.69) is 0 Å². The molecule has 0 aliphatic carbocycles. The van der Waals surface area contributed by atoms with E-state index in [1.54, 1.807) is 0 Å². The average molecular weight is 363 g/mol. The third kappa shape index (κ3) is 5.82. The standard InChI is InChI=1S/C17H28Cl2N2O2/c18-12-16(22)20-8-4-14(5-9-20)2-1-3-15-6-10-21(11-7-15)17(23)13-19/h14-15H,1-13H2. The number of carbonyl (C=O) groups excluding carboxylic acids is 2. The van der Waals surface area contributed by atoms with E-state index >= 15 is 0 Å². The zero-order chi connectivity index (χ0) is 16.7. The first-order valence-corrected chi connectivity index (χ1v) is 9.88. The van der Waals surface area contributed by atoms with Crippen LogP contribution in [-0.2, 0) is 9.59 Å². The van der Waals surface area contributed by atoms with Crippen LogP contribution in [0.25, 0.3) is 0 Å². The van der Waals surface area contributed by atoms with E-state index in [1.807, 2.05) is 9.80 Å². The van der Waals surface area contributed by atoms with E-state index in [0.29, 0.717) is 0 Å². The van der Waals surface area contributed by atoms with E-state index < -0.39 is 0 Å².